The van der Waals surface area contributed by atoms with Gasteiger partial charge in [-0.05, 0) is 32.0 Å². The molecule has 1 aromatic carbocycles. The van der Waals surface area contributed by atoms with E-state index >= 15 is 0 Å². The van der Waals surface area contributed by atoms with Crippen molar-refractivity contribution in [3.8, 4) is 0 Å². The number of rotatable bonds is 4. The maximum atomic E-state index is 3.46. The highest BCUT2D eigenvalue weighted by atomic mass is 15.3. The number of hydrogen-bond donors (Lipinski definition) is 1. The zero-order chi connectivity index (χ0) is 14.7. The summed E-state index contributed by atoms with van der Waals surface area (Å²) in [6.45, 7) is 4.64. The van der Waals surface area contributed by atoms with Crippen LogP contribution < -0.4 is 15.1 Å². The molecule has 0 bridgehead atoms. The molecule has 21 heavy (non-hydrogen) atoms. The minimum Gasteiger partial charge on any atom is -0.371 e. The fourth-order valence-corrected chi connectivity index (χ4v) is 4.20. The number of likely N-dealkylation sites (N-methyl/N-ethyl adjacent to an activating group) is 1. The highest BCUT2D eigenvalue weighted by molar-refractivity contribution is 5.73. The van der Waals surface area contributed by atoms with Crippen LogP contribution in [0.1, 0.15) is 32.1 Å². The first-order chi connectivity index (χ1) is 10.2. The Labute approximate surface area is 129 Å². The van der Waals surface area contributed by atoms with Crippen LogP contribution in [0, 0.1) is 5.41 Å². The summed E-state index contributed by atoms with van der Waals surface area (Å²) in [5, 5.41) is 3.46. The molecular formula is C18H29N3. The second-order valence-corrected chi connectivity index (χ2v) is 6.92. The van der Waals surface area contributed by atoms with Crippen molar-refractivity contribution in [3.63, 3.8) is 0 Å². The molecule has 0 spiro atoms. The smallest absolute Gasteiger partial charge is 0.0604 e. The molecule has 0 aromatic heterocycles. The first kappa shape index (κ1) is 14.7. The molecule has 1 aliphatic heterocycles. The van der Waals surface area contributed by atoms with Crippen molar-refractivity contribution in [1.29, 1.82) is 0 Å². The van der Waals surface area contributed by atoms with Crippen molar-refractivity contribution in [2.45, 2.75) is 32.1 Å². The average Bonchev–Trinajstić information content (AvgIpc) is 2.52. The van der Waals surface area contributed by atoms with Gasteiger partial charge in [0.05, 0.1) is 11.4 Å². The van der Waals surface area contributed by atoms with Gasteiger partial charge in [0.1, 0.15) is 0 Å². The highest BCUT2D eigenvalue weighted by Gasteiger charge is 2.34. The fraction of sp³-hybridized carbons (Fsp3) is 0.667. The Morgan fingerprint density at radius 3 is 2.48 bits per heavy atom. The van der Waals surface area contributed by atoms with Crippen molar-refractivity contribution < 1.29 is 0 Å². The topological polar surface area (TPSA) is 18.5 Å². The third-order valence-corrected chi connectivity index (χ3v) is 5.33. The van der Waals surface area contributed by atoms with Gasteiger partial charge in [-0.1, -0.05) is 31.4 Å². The van der Waals surface area contributed by atoms with E-state index in [0.29, 0.717) is 5.41 Å². The minimum absolute atomic E-state index is 0.468. The van der Waals surface area contributed by atoms with E-state index in [-0.39, 0.29) is 0 Å². The fourth-order valence-electron chi connectivity index (χ4n) is 4.20. The van der Waals surface area contributed by atoms with Crippen molar-refractivity contribution in [1.82, 2.24) is 5.32 Å². The molecule has 0 saturated heterocycles. The van der Waals surface area contributed by atoms with E-state index in [1.807, 2.05) is 0 Å². The third kappa shape index (κ3) is 3.03. The number of para-hydroxylation sites is 2. The molecule has 2 aliphatic rings. The standard InChI is InChI=1S/C18H29N3/c1-19-14-18(10-6-3-7-11-18)15-21-13-12-20(2)16-8-4-5-9-17(16)21/h4-5,8-9,19H,3,6-7,10-15H2,1-2H3. The number of fused-ring (bicyclic) bond motifs is 1. The normalized spacial score (nSPS) is 21.2. The zero-order valence-corrected chi connectivity index (χ0v) is 13.6. The quantitative estimate of drug-likeness (QED) is 0.918. The van der Waals surface area contributed by atoms with E-state index in [4.69, 9.17) is 0 Å². The molecule has 0 atom stereocenters. The zero-order valence-electron chi connectivity index (χ0n) is 13.6. The van der Waals surface area contributed by atoms with E-state index in [9.17, 15) is 0 Å². The molecule has 1 N–H and O–H groups in total. The van der Waals surface area contributed by atoms with Gasteiger partial charge in [-0.3, -0.25) is 0 Å². The summed E-state index contributed by atoms with van der Waals surface area (Å²) in [4.78, 5) is 5.02. The van der Waals surface area contributed by atoms with Crippen LogP contribution in [0.25, 0.3) is 0 Å². The summed E-state index contributed by atoms with van der Waals surface area (Å²) in [6.07, 6.45) is 6.98. The van der Waals surface area contributed by atoms with Crippen LogP contribution in [0.3, 0.4) is 0 Å². The van der Waals surface area contributed by atoms with Crippen molar-refractivity contribution in [2.24, 2.45) is 5.41 Å². The van der Waals surface area contributed by atoms with E-state index in [2.05, 4.69) is 53.5 Å². The molecule has 1 fully saturated rings. The number of nitrogens with one attached hydrogen (secondary N) is 1. The van der Waals surface area contributed by atoms with Crippen LogP contribution in [0.15, 0.2) is 24.3 Å². The van der Waals surface area contributed by atoms with Crippen LogP contribution in [0.2, 0.25) is 0 Å². The Balaban J connectivity index is 1.82. The summed E-state index contributed by atoms with van der Waals surface area (Å²) in [6, 6.07) is 8.88. The van der Waals surface area contributed by atoms with Gasteiger partial charge in [0, 0.05) is 38.6 Å². The van der Waals surface area contributed by atoms with Gasteiger partial charge in [0.25, 0.3) is 0 Å². The van der Waals surface area contributed by atoms with Gasteiger partial charge in [0.2, 0.25) is 0 Å². The Hall–Kier alpha value is -1.22. The summed E-state index contributed by atoms with van der Waals surface area (Å²) in [5.74, 6) is 0. The summed E-state index contributed by atoms with van der Waals surface area (Å²) >= 11 is 0. The second-order valence-electron chi connectivity index (χ2n) is 6.92. The lowest BCUT2D eigenvalue weighted by Crippen LogP contribution is -2.48. The van der Waals surface area contributed by atoms with Gasteiger partial charge in [-0.15, -0.1) is 0 Å². The minimum atomic E-state index is 0.468. The maximum Gasteiger partial charge on any atom is 0.0604 e. The van der Waals surface area contributed by atoms with Gasteiger partial charge in [-0.25, -0.2) is 0 Å². The van der Waals surface area contributed by atoms with Crippen LogP contribution in [0.4, 0.5) is 11.4 Å². The van der Waals surface area contributed by atoms with Gasteiger partial charge in [0.15, 0.2) is 0 Å². The lowest BCUT2D eigenvalue weighted by Gasteiger charge is -2.45. The molecule has 3 nitrogen and oxygen atoms in total. The monoisotopic (exact) mass is 287 g/mol. The van der Waals surface area contributed by atoms with Crippen LogP contribution in [0.5, 0.6) is 0 Å². The van der Waals surface area contributed by atoms with Crippen LogP contribution in [-0.2, 0) is 0 Å². The molecule has 1 saturated carbocycles. The van der Waals surface area contributed by atoms with Crippen molar-refractivity contribution in [2.75, 3.05) is 50.1 Å². The van der Waals surface area contributed by atoms with Gasteiger partial charge >= 0.3 is 0 Å². The molecule has 0 amide bonds. The summed E-state index contributed by atoms with van der Waals surface area (Å²) in [5.41, 5.74) is 3.28. The molecule has 116 valence electrons. The number of anilines is 2. The van der Waals surface area contributed by atoms with Crippen molar-refractivity contribution >= 4 is 11.4 Å². The molecule has 1 heterocycles. The first-order valence-electron chi connectivity index (χ1n) is 8.44. The molecule has 3 heteroatoms. The Bertz CT molecular complexity index is 460. The SMILES string of the molecule is CNCC1(CN2CCN(C)c3ccccc32)CCCCC1. The molecule has 0 unspecified atom stereocenters. The van der Waals surface area contributed by atoms with Crippen molar-refractivity contribution in [3.05, 3.63) is 24.3 Å². The van der Waals surface area contributed by atoms with Gasteiger partial charge < -0.3 is 15.1 Å². The molecule has 1 aromatic rings. The summed E-state index contributed by atoms with van der Waals surface area (Å²) < 4.78 is 0. The Morgan fingerprint density at radius 1 is 1.05 bits per heavy atom. The average molecular weight is 287 g/mol. The van der Waals surface area contributed by atoms with E-state index < -0.39 is 0 Å². The summed E-state index contributed by atoms with van der Waals surface area (Å²) in [7, 11) is 4.31. The van der Waals surface area contributed by atoms with Crippen LogP contribution in [-0.4, -0.2) is 40.3 Å². The molecular weight excluding hydrogens is 258 g/mol. The largest absolute Gasteiger partial charge is 0.371 e. The highest BCUT2D eigenvalue weighted by Crippen LogP contribution is 2.40. The molecule has 3 rings (SSSR count). The van der Waals surface area contributed by atoms with Gasteiger partial charge in [-0.2, -0.15) is 0 Å². The third-order valence-electron chi connectivity index (χ3n) is 5.33. The first-order valence-corrected chi connectivity index (χ1v) is 8.44. The lowest BCUT2D eigenvalue weighted by atomic mass is 9.73. The lowest BCUT2D eigenvalue weighted by molar-refractivity contribution is 0.191. The molecule has 0 radical (unpaired) electrons. The van der Waals surface area contributed by atoms with E-state index in [1.165, 1.54) is 50.0 Å². The maximum absolute atomic E-state index is 3.46. The predicted octanol–water partition coefficient (Wildman–Crippen LogP) is 3.11. The van der Waals surface area contributed by atoms with E-state index in [1.54, 1.807) is 0 Å². The number of benzene rings is 1. The molecule has 1 aliphatic carbocycles. The van der Waals surface area contributed by atoms with Crippen LogP contribution >= 0.6 is 0 Å². The Morgan fingerprint density at radius 2 is 1.76 bits per heavy atom. The number of nitrogens with zero attached hydrogens (tertiary/aromatic N) is 2. The predicted molar refractivity (Wildman–Crippen MR) is 91.4 cm³/mol. The number of hydrogen-bond acceptors (Lipinski definition) is 3. The second kappa shape index (κ2) is 6.27. The van der Waals surface area contributed by atoms with E-state index in [0.717, 1.165) is 19.6 Å². The Kier molecular flexibility index (Phi) is 4.39.